The van der Waals surface area contributed by atoms with Gasteiger partial charge in [0.05, 0.1) is 12.7 Å². The van der Waals surface area contributed by atoms with Crippen LogP contribution in [0.2, 0.25) is 0 Å². The number of nitrogens with one attached hydrogen (secondary N) is 1. The van der Waals surface area contributed by atoms with Gasteiger partial charge >= 0.3 is 11.9 Å². The van der Waals surface area contributed by atoms with E-state index < -0.39 is 36.1 Å². The maximum Gasteiger partial charge on any atom is 0.326 e. The number of hydrogen-bond donors (Lipinski definition) is 3. The molecule has 8 heteroatoms. The van der Waals surface area contributed by atoms with Crippen LogP contribution in [0, 0.1) is 5.82 Å². The molecule has 0 saturated carbocycles. The van der Waals surface area contributed by atoms with Crippen LogP contribution in [0.4, 0.5) is 4.39 Å². The number of rotatable bonds is 7. The fraction of sp³-hybridized carbons (Fsp3) is 0.308. The summed E-state index contributed by atoms with van der Waals surface area (Å²) in [5.41, 5.74) is -0.350. The molecule has 0 radical (unpaired) electrons. The highest BCUT2D eigenvalue weighted by Gasteiger charge is 2.23. The molecule has 1 rings (SSSR count). The fourth-order valence-corrected chi connectivity index (χ4v) is 1.57. The number of methoxy groups -OCH3 is 1. The predicted octanol–water partition coefficient (Wildman–Crippen LogP) is 0.882. The topological polar surface area (TPSA) is 113 Å². The van der Waals surface area contributed by atoms with E-state index in [-0.39, 0.29) is 17.7 Å². The summed E-state index contributed by atoms with van der Waals surface area (Å²) in [6, 6.07) is 2.09. The van der Waals surface area contributed by atoms with Gasteiger partial charge in [-0.05, 0) is 18.6 Å². The summed E-state index contributed by atoms with van der Waals surface area (Å²) in [6.45, 7) is 0. The van der Waals surface area contributed by atoms with E-state index in [0.29, 0.717) is 0 Å². The minimum Gasteiger partial charge on any atom is -0.497 e. The normalized spacial score (nSPS) is 11.5. The Labute approximate surface area is 119 Å². The molecule has 1 atom stereocenters. The van der Waals surface area contributed by atoms with Crippen molar-refractivity contribution in [3.63, 3.8) is 0 Å². The van der Waals surface area contributed by atoms with Crippen LogP contribution in [-0.2, 0) is 9.59 Å². The molecule has 0 spiro atoms. The van der Waals surface area contributed by atoms with Crippen LogP contribution >= 0.6 is 0 Å². The van der Waals surface area contributed by atoms with Crippen molar-refractivity contribution in [2.75, 3.05) is 7.11 Å². The van der Waals surface area contributed by atoms with Gasteiger partial charge in [-0.15, -0.1) is 0 Å². The van der Waals surface area contributed by atoms with Crippen molar-refractivity contribution in [1.82, 2.24) is 5.32 Å². The van der Waals surface area contributed by atoms with Crippen molar-refractivity contribution in [2.45, 2.75) is 18.9 Å². The standard InChI is InChI=1S/C13H14FNO6/c1-21-7-2-3-8(9(14)6-7)12(18)15-10(13(19)20)4-5-11(16)17/h2-3,6,10H,4-5H2,1H3,(H,15,18)(H,16,17)(H,19,20). The van der Waals surface area contributed by atoms with E-state index in [1.807, 2.05) is 0 Å². The molecule has 1 amide bonds. The van der Waals surface area contributed by atoms with Gasteiger partial charge in [0.1, 0.15) is 17.6 Å². The minimum atomic E-state index is -1.41. The lowest BCUT2D eigenvalue weighted by Gasteiger charge is -2.14. The summed E-state index contributed by atoms with van der Waals surface area (Å²) < 4.78 is 18.5. The van der Waals surface area contributed by atoms with Crippen molar-refractivity contribution in [3.8, 4) is 5.75 Å². The van der Waals surface area contributed by atoms with Gasteiger partial charge in [-0.25, -0.2) is 9.18 Å². The van der Waals surface area contributed by atoms with Crippen molar-refractivity contribution >= 4 is 17.8 Å². The number of hydrogen-bond acceptors (Lipinski definition) is 4. The molecule has 0 fully saturated rings. The number of amides is 1. The third kappa shape index (κ3) is 4.75. The highest BCUT2D eigenvalue weighted by atomic mass is 19.1. The van der Waals surface area contributed by atoms with Crippen LogP contribution in [0.1, 0.15) is 23.2 Å². The Bertz CT molecular complexity index is 560. The van der Waals surface area contributed by atoms with E-state index in [2.05, 4.69) is 5.32 Å². The van der Waals surface area contributed by atoms with Gasteiger partial charge < -0.3 is 20.3 Å². The molecule has 114 valence electrons. The quantitative estimate of drug-likeness (QED) is 0.689. The lowest BCUT2D eigenvalue weighted by Crippen LogP contribution is -2.41. The zero-order valence-corrected chi connectivity index (χ0v) is 11.1. The van der Waals surface area contributed by atoms with Crippen molar-refractivity contribution in [1.29, 1.82) is 0 Å². The van der Waals surface area contributed by atoms with Crippen LogP contribution in [0.3, 0.4) is 0 Å². The second-order valence-corrected chi connectivity index (χ2v) is 4.14. The smallest absolute Gasteiger partial charge is 0.326 e. The number of benzene rings is 1. The molecule has 3 N–H and O–H groups in total. The first-order chi connectivity index (χ1) is 9.85. The van der Waals surface area contributed by atoms with E-state index >= 15 is 0 Å². The summed E-state index contributed by atoms with van der Waals surface area (Å²) in [6.07, 6.45) is -0.726. The second-order valence-electron chi connectivity index (χ2n) is 4.14. The largest absolute Gasteiger partial charge is 0.497 e. The van der Waals surface area contributed by atoms with Crippen molar-refractivity contribution in [2.24, 2.45) is 0 Å². The number of carboxylic acid groups (broad SMARTS) is 2. The molecule has 1 aromatic rings. The lowest BCUT2D eigenvalue weighted by atomic mass is 10.1. The number of ether oxygens (including phenoxy) is 1. The third-order valence-corrected chi connectivity index (χ3v) is 2.67. The van der Waals surface area contributed by atoms with Gasteiger partial charge in [0.15, 0.2) is 0 Å². The van der Waals surface area contributed by atoms with Crippen LogP contribution in [0.25, 0.3) is 0 Å². The minimum absolute atomic E-state index is 0.213. The van der Waals surface area contributed by atoms with Gasteiger partial charge in [-0.2, -0.15) is 0 Å². The highest BCUT2D eigenvalue weighted by Crippen LogP contribution is 2.16. The summed E-state index contributed by atoms with van der Waals surface area (Å²) in [7, 11) is 1.33. The van der Waals surface area contributed by atoms with Gasteiger partial charge in [0, 0.05) is 12.5 Å². The molecule has 7 nitrogen and oxygen atoms in total. The number of carbonyl (C=O) groups is 3. The SMILES string of the molecule is COc1ccc(C(=O)NC(CCC(=O)O)C(=O)O)c(F)c1. The summed E-state index contributed by atoms with van der Waals surface area (Å²) >= 11 is 0. The average molecular weight is 299 g/mol. The maximum absolute atomic E-state index is 13.7. The first-order valence-electron chi connectivity index (χ1n) is 5.94. The van der Waals surface area contributed by atoms with E-state index in [1.54, 1.807) is 0 Å². The zero-order chi connectivity index (χ0) is 16.0. The Morgan fingerprint density at radius 3 is 2.48 bits per heavy atom. The van der Waals surface area contributed by atoms with Gasteiger partial charge in [-0.3, -0.25) is 9.59 Å². The monoisotopic (exact) mass is 299 g/mol. The second kappa shape index (κ2) is 7.22. The average Bonchev–Trinajstić information content (AvgIpc) is 2.42. The number of carbonyl (C=O) groups excluding carboxylic acids is 1. The molecule has 21 heavy (non-hydrogen) atoms. The van der Waals surface area contributed by atoms with Crippen LogP contribution in [-0.4, -0.2) is 41.2 Å². The Kier molecular flexibility index (Phi) is 5.65. The molecule has 0 aliphatic heterocycles. The molecular weight excluding hydrogens is 285 g/mol. The van der Waals surface area contributed by atoms with Crippen molar-refractivity contribution < 1.29 is 33.7 Å². The molecule has 1 aromatic carbocycles. The molecule has 0 aromatic heterocycles. The Morgan fingerprint density at radius 1 is 1.33 bits per heavy atom. The molecular formula is C13H14FNO6. The van der Waals surface area contributed by atoms with Crippen LogP contribution in [0.15, 0.2) is 18.2 Å². The molecule has 0 saturated heterocycles. The zero-order valence-electron chi connectivity index (χ0n) is 11.1. The van der Waals surface area contributed by atoms with E-state index in [4.69, 9.17) is 14.9 Å². The van der Waals surface area contributed by atoms with Gasteiger partial charge in [-0.1, -0.05) is 0 Å². The first kappa shape index (κ1) is 16.4. The van der Waals surface area contributed by atoms with E-state index in [0.717, 1.165) is 12.1 Å². The Morgan fingerprint density at radius 2 is 2.00 bits per heavy atom. The summed E-state index contributed by atoms with van der Waals surface area (Å²) in [5, 5.41) is 19.5. The predicted molar refractivity (Wildman–Crippen MR) is 68.7 cm³/mol. The van der Waals surface area contributed by atoms with Gasteiger partial charge in [0.25, 0.3) is 5.91 Å². The fourth-order valence-electron chi connectivity index (χ4n) is 1.57. The summed E-state index contributed by atoms with van der Waals surface area (Å²) in [5.74, 6) is -4.17. The third-order valence-electron chi connectivity index (χ3n) is 2.67. The molecule has 0 bridgehead atoms. The van der Waals surface area contributed by atoms with E-state index in [9.17, 15) is 18.8 Å². The molecule has 0 heterocycles. The maximum atomic E-state index is 13.7. The van der Waals surface area contributed by atoms with Crippen LogP contribution in [0.5, 0.6) is 5.75 Å². The Balaban J connectivity index is 2.82. The molecule has 1 unspecified atom stereocenters. The van der Waals surface area contributed by atoms with Crippen molar-refractivity contribution in [3.05, 3.63) is 29.6 Å². The van der Waals surface area contributed by atoms with Crippen LogP contribution < -0.4 is 10.1 Å². The van der Waals surface area contributed by atoms with Gasteiger partial charge in [0.2, 0.25) is 0 Å². The molecule has 0 aliphatic carbocycles. The number of halogens is 1. The van der Waals surface area contributed by atoms with E-state index in [1.165, 1.54) is 13.2 Å². The highest BCUT2D eigenvalue weighted by molar-refractivity contribution is 5.97. The summed E-state index contributed by atoms with van der Waals surface area (Å²) in [4.78, 5) is 33.2. The Hall–Kier alpha value is -2.64. The number of carboxylic acids is 2. The first-order valence-corrected chi connectivity index (χ1v) is 5.94. The lowest BCUT2D eigenvalue weighted by molar-refractivity contribution is -0.140. The molecule has 0 aliphatic rings. The number of aliphatic carboxylic acids is 2.